The van der Waals surface area contributed by atoms with Crippen molar-refractivity contribution in [2.75, 3.05) is 31.6 Å². The normalized spacial score (nSPS) is 18.7. The van der Waals surface area contributed by atoms with Crippen molar-refractivity contribution in [3.8, 4) is 11.5 Å². The third-order valence-corrected chi connectivity index (χ3v) is 5.24. The highest BCUT2D eigenvalue weighted by molar-refractivity contribution is 5.96. The van der Waals surface area contributed by atoms with E-state index < -0.39 is 0 Å². The molecule has 6 heteroatoms. The van der Waals surface area contributed by atoms with E-state index in [1.54, 1.807) is 24.3 Å². The first-order valence-corrected chi connectivity index (χ1v) is 9.64. The summed E-state index contributed by atoms with van der Waals surface area (Å²) in [5, 5.41) is 2.92. The molecule has 0 aliphatic carbocycles. The molecule has 2 heterocycles. The topological polar surface area (TPSA) is 67.9 Å². The van der Waals surface area contributed by atoms with Crippen molar-refractivity contribution in [1.29, 1.82) is 0 Å². The Morgan fingerprint density at radius 3 is 2.57 bits per heavy atom. The van der Waals surface area contributed by atoms with Gasteiger partial charge in [0.25, 0.3) is 0 Å². The highest BCUT2D eigenvalue weighted by Gasteiger charge is 2.28. The Kier molecular flexibility index (Phi) is 5.30. The lowest BCUT2D eigenvalue weighted by atomic mass is 10.0. The Morgan fingerprint density at radius 1 is 1.07 bits per heavy atom. The molecule has 1 N–H and O–H groups in total. The third-order valence-electron chi connectivity index (χ3n) is 5.24. The lowest BCUT2D eigenvalue weighted by molar-refractivity contribution is -0.117. The molecule has 0 saturated carbocycles. The first kappa shape index (κ1) is 18.5. The lowest BCUT2D eigenvalue weighted by Crippen LogP contribution is -2.33. The largest absolute Gasteiger partial charge is 0.486 e. The van der Waals surface area contributed by atoms with Crippen LogP contribution in [0.3, 0.4) is 0 Å². The number of fused-ring (bicyclic) bond motifs is 1. The number of hydrogen-bond acceptors (Lipinski definition) is 5. The van der Waals surface area contributed by atoms with Crippen LogP contribution in [0, 0.1) is 0 Å². The number of hydrogen-bond donors (Lipinski definition) is 1. The number of carbonyl (C=O) groups is 2. The summed E-state index contributed by atoms with van der Waals surface area (Å²) >= 11 is 0. The van der Waals surface area contributed by atoms with Crippen molar-refractivity contribution < 1.29 is 19.1 Å². The maximum Gasteiger partial charge on any atom is 0.238 e. The number of carbonyl (C=O) groups excluding carboxylic acids is 2. The molecule has 4 rings (SSSR count). The average Bonchev–Trinajstić information content (AvgIpc) is 3.16. The standard InChI is InChI=1S/C22H24N2O4/c1-15(25)16-4-7-18(8-5-16)23-22(26)14-24-10-2-3-19(24)17-6-9-20-21(13-17)28-12-11-27-20/h4-9,13,19H,2-3,10-12,14H2,1H3,(H,23,26)/t19-/m1/s1. The van der Waals surface area contributed by atoms with E-state index >= 15 is 0 Å². The van der Waals surface area contributed by atoms with E-state index in [0.717, 1.165) is 36.4 Å². The minimum Gasteiger partial charge on any atom is -0.486 e. The van der Waals surface area contributed by atoms with Crippen LogP contribution < -0.4 is 14.8 Å². The molecule has 6 nitrogen and oxygen atoms in total. The fourth-order valence-electron chi connectivity index (χ4n) is 3.83. The maximum absolute atomic E-state index is 12.5. The lowest BCUT2D eigenvalue weighted by Gasteiger charge is -2.26. The van der Waals surface area contributed by atoms with Crippen molar-refractivity contribution in [2.45, 2.75) is 25.8 Å². The van der Waals surface area contributed by atoms with Gasteiger partial charge in [-0.3, -0.25) is 14.5 Å². The molecule has 28 heavy (non-hydrogen) atoms. The summed E-state index contributed by atoms with van der Waals surface area (Å²) in [6.07, 6.45) is 2.07. The number of rotatable bonds is 5. The zero-order valence-electron chi connectivity index (χ0n) is 15.9. The number of anilines is 1. The van der Waals surface area contributed by atoms with Gasteiger partial charge in [0.2, 0.25) is 5.91 Å². The van der Waals surface area contributed by atoms with Crippen molar-refractivity contribution in [2.24, 2.45) is 0 Å². The fraction of sp³-hybridized carbons (Fsp3) is 0.364. The van der Waals surface area contributed by atoms with Crippen molar-refractivity contribution in [1.82, 2.24) is 4.90 Å². The van der Waals surface area contributed by atoms with Crippen LogP contribution in [0.2, 0.25) is 0 Å². The molecular formula is C22H24N2O4. The van der Waals surface area contributed by atoms with Gasteiger partial charge in [-0.25, -0.2) is 0 Å². The monoisotopic (exact) mass is 380 g/mol. The summed E-state index contributed by atoms with van der Waals surface area (Å²) in [4.78, 5) is 26.1. The van der Waals surface area contributed by atoms with Crippen molar-refractivity contribution in [3.05, 3.63) is 53.6 Å². The molecule has 2 aliphatic rings. The van der Waals surface area contributed by atoms with Crippen LogP contribution in [0.15, 0.2) is 42.5 Å². The Hall–Kier alpha value is -2.86. The van der Waals surface area contributed by atoms with E-state index in [1.807, 2.05) is 12.1 Å². The minimum absolute atomic E-state index is 0.0113. The van der Waals surface area contributed by atoms with Gasteiger partial charge < -0.3 is 14.8 Å². The third kappa shape index (κ3) is 4.02. The predicted octanol–water partition coefficient (Wildman–Crippen LogP) is 3.44. The summed E-state index contributed by atoms with van der Waals surface area (Å²) in [5.41, 5.74) is 2.49. The van der Waals surface area contributed by atoms with Crippen LogP contribution in [-0.4, -0.2) is 42.9 Å². The van der Waals surface area contributed by atoms with Gasteiger partial charge >= 0.3 is 0 Å². The zero-order chi connectivity index (χ0) is 19.5. The van der Waals surface area contributed by atoms with E-state index in [2.05, 4.69) is 16.3 Å². The number of ketones is 1. The van der Waals surface area contributed by atoms with Crippen molar-refractivity contribution in [3.63, 3.8) is 0 Å². The Labute approximate surface area is 164 Å². The molecule has 1 saturated heterocycles. The molecule has 2 aromatic rings. The summed E-state index contributed by atoms with van der Waals surface area (Å²) in [7, 11) is 0. The van der Waals surface area contributed by atoms with E-state index in [1.165, 1.54) is 6.92 Å². The smallest absolute Gasteiger partial charge is 0.238 e. The number of amides is 1. The quantitative estimate of drug-likeness (QED) is 0.805. The molecule has 0 aromatic heterocycles. The first-order chi connectivity index (χ1) is 13.6. The summed E-state index contributed by atoms with van der Waals surface area (Å²) in [6.45, 7) is 3.88. The van der Waals surface area contributed by atoms with Crippen LogP contribution in [-0.2, 0) is 4.79 Å². The number of Topliss-reactive ketones (excluding diaryl/α,β-unsaturated/α-hetero) is 1. The fourth-order valence-corrected chi connectivity index (χ4v) is 3.83. The molecule has 1 fully saturated rings. The van der Waals surface area contributed by atoms with Crippen LogP contribution >= 0.6 is 0 Å². The highest BCUT2D eigenvalue weighted by atomic mass is 16.6. The summed E-state index contributed by atoms with van der Waals surface area (Å²) < 4.78 is 11.3. The van der Waals surface area contributed by atoms with Crippen LogP contribution in [0.5, 0.6) is 11.5 Å². The van der Waals surface area contributed by atoms with Gasteiger partial charge in [-0.1, -0.05) is 6.07 Å². The zero-order valence-corrected chi connectivity index (χ0v) is 15.9. The Balaban J connectivity index is 1.41. The van der Waals surface area contributed by atoms with Crippen LogP contribution in [0.1, 0.15) is 41.7 Å². The molecule has 0 spiro atoms. The predicted molar refractivity (Wildman–Crippen MR) is 106 cm³/mol. The number of likely N-dealkylation sites (tertiary alicyclic amines) is 1. The molecule has 2 aliphatic heterocycles. The summed E-state index contributed by atoms with van der Waals surface area (Å²) in [6, 6.07) is 13.2. The molecular weight excluding hydrogens is 356 g/mol. The number of benzene rings is 2. The highest BCUT2D eigenvalue weighted by Crippen LogP contribution is 2.37. The van der Waals surface area contributed by atoms with Crippen LogP contribution in [0.25, 0.3) is 0 Å². The summed E-state index contributed by atoms with van der Waals surface area (Å²) in [5.74, 6) is 1.52. The minimum atomic E-state index is -0.0555. The van der Waals surface area contributed by atoms with E-state index in [0.29, 0.717) is 31.0 Å². The van der Waals surface area contributed by atoms with Gasteiger partial charge in [0.1, 0.15) is 13.2 Å². The molecule has 1 atom stereocenters. The molecule has 0 radical (unpaired) electrons. The average molecular weight is 380 g/mol. The van der Waals surface area contributed by atoms with E-state index in [9.17, 15) is 9.59 Å². The van der Waals surface area contributed by atoms with Crippen molar-refractivity contribution >= 4 is 17.4 Å². The van der Waals surface area contributed by atoms with E-state index in [-0.39, 0.29) is 17.7 Å². The molecule has 0 bridgehead atoms. The SMILES string of the molecule is CC(=O)c1ccc(NC(=O)CN2CCC[C@@H]2c2ccc3c(c2)OCCO3)cc1. The van der Waals surface area contributed by atoms with Gasteiger partial charge in [-0.05, 0) is 68.3 Å². The maximum atomic E-state index is 12.5. The van der Waals surface area contributed by atoms with Gasteiger partial charge in [-0.2, -0.15) is 0 Å². The second-order valence-corrected chi connectivity index (χ2v) is 7.21. The molecule has 1 amide bonds. The number of nitrogens with zero attached hydrogens (tertiary/aromatic N) is 1. The Morgan fingerprint density at radius 2 is 1.82 bits per heavy atom. The van der Waals surface area contributed by atoms with Gasteiger partial charge in [0.15, 0.2) is 17.3 Å². The number of nitrogens with one attached hydrogen (secondary N) is 1. The second-order valence-electron chi connectivity index (χ2n) is 7.21. The van der Waals surface area contributed by atoms with Gasteiger partial charge in [-0.15, -0.1) is 0 Å². The number of ether oxygens (including phenoxy) is 2. The first-order valence-electron chi connectivity index (χ1n) is 9.64. The Bertz CT molecular complexity index is 879. The molecule has 146 valence electrons. The van der Waals surface area contributed by atoms with Crippen LogP contribution in [0.4, 0.5) is 5.69 Å². The van der Waals surface area contributed by atoms with Gasteiger partial charge in [0, 0.05) is 17.3 Å². The van der Waals surface area contributed by atoms with Gasteiger partial charge in [0.05, 0.1) is 6.54 Å². The molecule has 2 aromatic carbocycles. The van der Waals surface area contributed by atoms with E-state index in [4.69, 9.17) is 9.47 Å². The molecule has 0 unspecified atom stereocenters. The second kappa shape index (κ2) is 8.02.